The number of ether oxygens (including phenoxy) is 2. The molecule has 4 amide bonds. The second-order valence-corrected chi connectivity index (χ2v) is 11.6. The first-order valence-electron chi connectivity index (χ1n) is 14.4. The van der Waals surface area contributed by atoms with Crippen LogP contribution in [0, 0.1) is 0 Å². The molecule has 2 aliphatic rings. The number of carbonyl (C=O) groups is 4. The summed E-state index contributed by atoms with van der Waals surface area (Å²) in [5, 5.41) is 5.23. The molecule has 44 heavy (non-hydrogen) atoms. The molecule has 0 atom stereocenters. The van der Waals surface area contributed by atoms with Crippen LogP contribution < -0.4 is 20.3 Å². The molecule has 228 valence electrons. The highest BCUT2D eigenvalue weighted by Gasteiger charge is 2.36. The predicted octanol–water partition coefficient (Wildman–Crippen LogP) is 5.34. The summed E-state index contributed by atoms with van der Waals surface area (Å²) in [6, 6.07) is 21.9. The first-order valence-corrected chi connectivity index (χ1v) is 15.2. The van der Waals surface area contributed by atoms with Gasteiger partial charge in [-0.2, -0.15) is 0 Å². The van der Waals surface area contributed by atoms with Crippen molar-refractivity contribution in [3.8, 4) is 5.75 Å². The van der Waals surface area contributed by atoms with Gasteiger partial charge in [0.15, 0.2) is 6.61 Å². The highest BCUT2D eigenvalue weighted by Crippen LogP contribution is 2.33. The van der Waals surface area contributed by atoms with Crippen molar-refractivity contribution in [1.29, 1.82) is 0 Å². The third-order valence-corrected chi connectivity index (χ3v) is 8.02. The fourth-order valence-corrected chi connectivity index (χ4v) is 5.73. The number of nitrogens with zero attached hydrogens (tertiary/aromatic N) is 2. The lowest BCUT2D eigenvalue weighted by Gasteiger charge is -2.30. The van der Waals surface area contributed by atoms with E-state index in [0.717, 1.165) is 33.6 Å². The number of nitrogens with one attached hydrogen (secondary N) is 2. The molecule has 2 saturated heterocycles. The van der Waals surface area contributed by atoms with E-state index < -0.39 is 23.6 Å². The number of amides is 4. The Labute approximate surface area is 260 Å². The minimum Gasteiger partial charge on any atom is -0.484 e. The first kappa shape index (κ1) is 30.8. The van der Waals surface area contributed by atoms with Gasteiger partial charge >= 0.3 is 0 Å². The van der Waals surface area contributed by atoms with E-state index in [1.807, 2.05) is 42.5 Å². The smallest absolute Gasteiger partial charge is 0.294 e. The number of benzene rings is 3. The van der Waals surface area contributed by atoms with E-state index >= 15 is 0 Å². The lowest BCUT2D eigenvalue weighted by molar-refractivity contribution is -0.127. The van der Waals surface area contributed by atoms with Crippen molar-refractivity contribution in [3.63, 3.8) is 0 Å². The predicted molar refractivity (Wildman–Crippen MR) is 172 cm³/mol. The molecule has 0 aromatic heterocycles. The van der Waals surface area contributed by atoms with Crippen LogP contribution in [0.3, 0.4) is 0 Å². The molecule has 2 N–H and O–H groups in total. The SMILES string of the molecule is CC(C)c1ccccc1NC(=O)COc1ccc(/C=C2/SC(=O)N(CC(=O)Nc3ccccc3N3CCOCC3)C2=O)cc1. The number of morpholine rings is 1. The van der Waals surface area contributed by atoms with Gasteiger partial charge in [-0.15, -0.1) is 0 Å². The lowest BCUT2D eigenvalue weighted by Crippen LogP contribution is -2.38. The summed E-state index contributed by atoms with van der Waals surface area (Å²) >= 11 is 0.785. The van der Waals surface area contributed by atoms with Crippen LogP contribution in [0.5, 0.6) is 5.75 Å². The highest BCUT2D eigenvalue weighted by molar-refractivity contribution is 8.18. The Kier molecular flexibility index (Phi) is 9.98. The van der Waals surface area contributed by atoms with Crippen molar-refractivity contribution in [1.82, 2.24) is 4.90 Å². The van der Waals surface area contributed by atoms with Gasteiger partial charge in [-0.25, -0.2) is 0 Å². The summed E-state index contributed by atoms with van der Waals surface area (Å²) in [4.78, 5) is 54.3. The first-order chi connectivity index (χ1) is 21.3. The molecule has 2 heterocycles. The van der Waals surface area contributed by atoms with Gasteiger partial charge in [0.25, 0.3) is 17.1 Å². The van der Waals surface area contributed by atoms with E-state index in [9.17, 15) is 19.2 Å². The van der Waals surface area contributed by atoms with E-state index in [1.165, 1.54) is 0 Å². The van der Waals surface area contributed by atoms with Crippen molar-refractivity contribution < 1.29 is 28.7 Å². The number of hydrogen-bond acceptors (Lipinski definition) is 8. The Bertz CT molecular complexity index is 1570. The number of imide groups is 1. The number of rotatable bonds is 10. The molecular weight excluding hydrogens is 580 g/mol. The Morgan fingerprint density at radius 2 is 1.57 bits per heavy atom. The zero-order valence-corrected chi connectivity index (χ0v) is 25.4. The van der Waals surface area contributed by atoms with Crippen LogP contribution in [0.1, 0.15) is 30.9 Å². The second kappa shape index (κ2) is 14.2. The number of carbonyl (C=O) groups excluding carboxylic acids is 4. The fourth-order valence-electron chi connectivity index (χ4n) is 4.89. The van der Waals surface area contributed by atoms with Gasteiger partial charge in [-0.1, -0.05) is 56.3 Å². The summed E-state index contributed by atoms with van der Waals surface area (Å²) in [5.41, 5.74) is 3.95. The number of anilines is 3. The average molecular weight is 615 g/mol. The van der Waals surface area contributed by atoms with Crippen LogP contribution in [0.25, 0.3) is 6.08 Å². The molecule has 3 aromatic carbocycles. The molecule has 2 aliphatic heterocycles. The molecule has 0 radical (unpaired) electrons. The number of hydrogen-bond donors (Lipinski definition) is 2. The zero-order chi connectivity index (χ0) is 31.1. The van der Waals surface area contributed by atoms with Crippen LogP contribution >= 0.6 is 11.8 Å². The molecule has 5 rings (SSSR count). The maximum absolute atomic E-state index is 13.0. The van der Waals surface area contributed by atoms with E-state index in [-0.39, 0.29) is 23.3 Å². The van der Waals surface area contributed by atoms with Crippen molar-refractivity contribution >= 4 is 57.9 Å². The lowest BCUT2D eigenvalue weighted by atomic mass is 10.0. The van der Waals surface area contributed by atoms with Gasteiger partial charge in [0.05, 0.1) is 29.5 Å². The van der Waals surface area contributed by atoms with Gasteiger partial charge < -0.3 is 25.0 Å². The maximum atomic E-state index is 13.0. The van der Waals surface area contributed by atoms with Gasteiger partial charge in [0, 0.05) is 18.8 Å². The summed E-state index contributed by atoms with van der Waals surface area (Å²) in [7, 11) is 0. The molecule has 2 fully saturated rings. The molecule has 0 bridgehead atoms. The summed E-state index contributed by atoms with van der Waals surface area (Å²) in [5.74, 6) is -0.523. The minimum absolute atomic E-state index is 0.163. The standard InChI is InChI=1S/C33H34N4O6S/c1-22(2)25-7-3-4-8-26(25)34-31(39)21-43-24-13-11-23(12-14-24)19-29-32(40)37(33(41)44-29)20-30(38)35-27-9-5-6-10-28(27)36-15-17-42-18-16-36/h3-14,19,22H,15-18,20-21H2,1-2H3,(H,34,39)(H,35,38)/b29-19+. The van der Waals surface area contributed by atoms with Crippen molar-refractivity contribution in [2.24, 2.45) is 0 Å². The second-order valence-electron chi connectivity index (χ2n) is 10.6. The molecule has 10 nitrogen and oxygen atoms in total. The summed E-state index contributed by atoms with van der Waals surface area (Å²) < 4.78 is 11.1. The molecular formula is C33H34N4O6S. The third kappa shape index (κ3) is 7.66. The van der Waals surface area contributed by atoms with E-state index in [4.69, 9.17) is 9.47 Å². The zero-order valence-electron chi connectivity index (χ0n) is 24.6. The van der Waals surface area contributed by atoms with Gasteiger partial charge in [0.1, 0.15) is 12.3 Å². The fraction of sp³-hybridized carbons (Fsp3) is 0.273. The number of para-hydroxylation sites is 3. The van der Waals surface area contributed by atoms with Crippen LogP contribution in [-0.4, -0.2) is 67.3 Å². The number of thioether (sulfide) groups is 1. The van der Waals surface area contributed by atoms with E-state index in [1.54, 1.807) is 36.4 Å². The topological polar surface area (TPSA) is 117 Å². The average Bonchev–Trinajstić information content (AvgIpc) is 3.28. The van der Waals surface area contributed by atoms with Gasteiger partial charge in [-0.3, -0.25) is 24.1 Å². The molecule has 0 spiro atoms. The van der Waals surface area contributed by atoms with Crippen molar-refractivity contribution in [3.05, 3.63) is 88.8 Å². The van der Waals surface area contributed by atoms with Gasteiger partial charge in [0.2, 0.25) is 5.91 Å². The summed E-state index contributed by atoms with van der Waals surface area (Å²) in [6.45, 7) is 6.19. The molecule has 0 unspecified atom stereocenters. The molecule has 3 aromatic rings. The highest BCUT2D eigenvalue weighted by atomic mass is 32.2. The molecule has 0 saturated carbocycles. The normalized spacial score (nSPS) is 16.0. The van der Waals surface area contributed by atoms with Crippen LogP contribution in [0.2, 0.25) is 0 Å². The summed E-state index contributed by atoms with van der Waals surface area (Å²) in [6.07, 6.45) is 1.59. The van der Waals surface area contributed by atoms with Crippen LogP contribution in [0.4, 0.5) is 21.9 Å². The van der Waals surface area contributed by atoms with E-state index in [0.29, 0.717) is 43.3 Å². The Balaban J connectivity index is 1.15. The van der Waals surface area contributed by atoms with Crippen molar-refractivity contribution in [2.45, 2.75) is 19.8 Å². The van der Waals surface area contributed by atoms with E-state index in [2.05, 4.69) is 29.4 Å². The van der Waals surface area contributed by atoms with Crippen LogP contribution in [-0.2, 0) is 19.1 Å². The minimum atomic E-state index is -0.532. The molecule has 11 heteroatoms. The van der Waals surface area contributed by atoms with Crippen molar-refractivity contribution in [2.75, 3.05) is 55.0 Å². The quantitative estimate of drug-likeness (QED) is 0.294. The third-order valence-electron chi connectivity index (χ3n) is 7.11. The monoisotopic (exact) mass is 614 g/mol. The van der Waals surface area contributed by atoms with Gasteiger partial charge in [-0.05, 0) is 65.2 Å². The Morgan fingerprint density at radius 1 is 0.909 bits per heavy atom. The molecule has 0 aliphatic carbocycles. The van der Waals surface area contributed by atoms with Crippen LogP contribution in [0.15, 0.2) is 77.7 Å². The Morgan fingerprint density at radius 3 is 2.30 bits per heavy atom. The maximum Gasteiger partial charge on any atom is 0.294 e. The Hall–Kier alpha value is -4.61. The largest absolute Gasteiger partial charge is 0.484 e.